The van der Waals surface area contributed by atoms with Gasteiger partial charge in [-0.05, 0) is 24.3 Å². The number of amides is 1. The highest BCUT2D eigenvalue weighted by Crippen LogP contribution is 2.18. The maximum Gasteiger partial charge on any atom is 0.229 e. The number of carbonyl (C=O) groups excluding carboxylic acids is 1. The molecule has 5 nitrogen and oxygen atoms in total. The lowest BCUT2D eigenvalue weighted by atomic mass is 10.2. The van der Waals surface area contributed by atoms with E-state index in [0.29, 0.717) is 12.1 Å². The van der Waals surface area contributed by atoms with Crippen molar-refractivity contribution in [3.8, 4) is 0 Å². The largest absolute Gasteiger partial charge is 0.316 e. The van der Waals surface area contributed by atoms with Gasteiger partial charge in [0.25, 0.3) is 0 Å². The Balaban J connectivity index is 2.85. The van der Waals surface area contributed by atoms with Gasteiger partial charge >= 0.3 is 0 Å². The molecule has 6 heteroatoms. The summed E-state index contributed by atoms with van der Waals surface area (Å²) in [5, 5.41) is 0. The third-order valence-electron chi connectivity index (χ3n) is 2.23. The van der Waals surface area contributed by atoms with Crippen LogP contribution in [-0.2, 0) is 14.8 Å². The molecule has 0 aliphatic rings. The summed E-state index contributed by atoms with van der Waals surface area (Å²) in [5.74, 6) is 0.00817. The predicted octanol–water partition coefficient (Wildman–Crippen LogP) is 1.43. The Morgan fingerprint density at radius 3 is 2.24 bits per heavy atom. The maximum absolute atomic E-state index is 11.4. The molecule has 0 atom stereocenters. The van der Waals surface area contributed by atoms with Gasteiger partial charge in [0.2, 0.25) is 15.9 Å². The van der Waals surface area contributed by atoms with Gasteiger partial charge in [-0.2, -0.15) is 0 Å². The molecule has 94 valence electrons. The SMILES string of the molecule is CCC(=O)N(C)c1ccc(NS(C)(=O)=O)cc1. The van der Waals surface area contributed by atoms with Crippen molar-refractivity contribution in [1.29, 1.82) is 0 Å². The van der Waals surface area contributed by atoms with Crippen molar-refractivity contribution in [2.24, 2.45) is 0 Å². The standard InChI is InChI=1S/C11H16N2O3S/c1-4-11(14)13(2)10-7-5-9(6-8-10)12-17(3,15)16/h5-8,12H,4H2,1-3H3. The van der Waals surface area contributed by atoms with Gasteiger partial charge in [0.05, 0.1) is 6.26 Å². The third-order valence-corrected chi connectivity index (χ3v) is 2.84. The van der Waals surface area contributed by atoms with Crippen molar-refractivity contribution < 1.29 is 13.2 Å². The summed E-state index contributed by atoms with van der Waals surface area (Å²) < 4.78 is 24.4. The molecule has 1 N–H and O–H groups in total. The second kappa shape index (κ2) is 5.18. The molecule has 1 aromatic carbocycles. The van der Waals surface area contributed by atoms with E-state index in [9.17, 15) is 13.2 Å². The van der Waals surface area contributed by atoms with Gasteiger partial charge in [0.1, 0.15) is 0 Å². The van der Waals surface area contributed by atoms with Crippen molar-refractivity contribution in [2.75, 3.05) is 22.9 Å². The molecule has 0 saturated carbocycles. The highest BCUT2D eigenvalue weighted by atomic mass is 32.2. The van der Waals surface area contributed by atoms with E-state index in [-0.39, 0.29) is 5.91 Å². The lowest BCUT2D eigenvalue weighted by molar-refractivity contribution is -0.118. The van der Waals surface area contributed by atoms with Crippen LogP contribution in [0, 0.1) is 0 Å². The van der Waals surface area contributed by atoms with E-state index in [1.54, 1.807) is 38.2 Å². The van der Waals surface area contributed by atoms with Gasteiger partial charge in [-0.3, -0.25) is 9.52 Å². The Bertz CT molecular complexity index is 494. The second-order valence-electron chi connectivity index (χ2n) is 3.73. The minimum absolute atomic E-state index is 0.00817. The van der Waals surface area contributed by atoms with E-state index >= 15 is 0 Å². The Kier molecular flexibility index (Phi) is 4.11. The fraction of sp³-hybridized carbons (Fsp3) is 0.364. The smallest absolute Gasteiger partial charge is 0.229 e. The molecule has 0 unspecified atom stereocenters. The Morgan fingerprint density at radius 2 is 1.82 bits per heavy atom. The van der Waals surface area contributed by atoms with Crippen molar-refractivity contribution >= 4 is 27.3 Å². The first-order chi connectivity index (χ1) is 7.83. The summed E-state index contributed by atoms with van der Waals surface area (Å²) in [7, 11) is -1.58. The monoisotopic (exact) mass is 256 g/mol. The van der Waals surface area contributed by atoms with Crippen molar-refractivity contribution in [3.63, 3.8) is 0 Å². The zero-order valence-electron chi connectivity index (χ0n) is 10.1. The highest BCUT2D eigenvalue weighted by Gasteiger charge is 2.08. The topological polar surface area (TPSA) is 66.5 Å². The van der Waals surface area contributed by atoms with Crippen LogP contribution in [0.4, 0.5) is 11.4 Å². The lowest BCUT2D eigenvalue weighted by Crippen LogP contribution is -2.24. The number of carbonyl (C=O) groups is 1. The molecular formula is C11H16N2O3S. The molecule has 0 fully saturated rings. The van der Waals surface area contributed by atoms with Crippen LogP contribution >= 0.6 is 0 Å². The minimum Gasteiger partial charge on any atom is -0.316 e. The number of sulfonamides is 1. The van der Waals surface area contributed by atoms with Crippen LogP contribution in [0.25, 0.3) is 0 Å². The third kappa shape index (κ3) is 4.07. The summed E-state index contributed by atoms with van der Waals surface area (Å²) >= 11 is 0. The lowest BCUT2D eigenvalue weighted by Gasteiger charge is -2.16. The molecule has 0 aliphatic carbocycles. The Morgan fingerprint density at radius 1 is 1.29 bits per heavy atom. The van der Waals surface area contributed by atoms with Crippen LogP contribution < -0.4 is 9.62 Å². The normalized spacial score (nSPS) is 11.0. The molecule has 0 radical (unpaired) electrons. The molecule has 0 spiro atoms. The molecular weight excluding hydrogens is 240 g/mol. The molecule has 17 heavy (non-hydrogen) atoms. The van der Waals surface area contributed by atoms with E-state index in [4.69, 9.17) is 0 Å². The van der Waals surface area contributed by atoms with Crippen molar-refractivity contribution in [1.82, 2.24) is 0 Å². The highest BCUT2D eigenvalue weighted by molar-refractivity contribution is 7.92. The first-order valence-electron chi connectivity index (χ1n) is 5.18. The first-order valence-corrected chi connectivity index (χ1v) is 7.07. The summed E-state index contributed by atoms with van der Waals surface area (Å²) in [6.45, 7) is 1.79. The van der Waals surface area contributed by atoms with Crippen LogP contribution in [0.2, 0.25) is 0 Å². The average Bonchev–Trinajstić information content (AvgIpc) is 2.26. The molecule has 0 heterocycles. The Labute approximate surface area is 101 Å². The van der Waals surface area contributed by atoms with Crippen molar-refractivity contribution in [2.45, 2.75) is 13.3 Å². The fourth-order valence-electron chi connectivity index (χ4n) is 1.35. The number of rotatable bonds is 4. The number of hydrogen-bond donors (Lipinski definition) is 1. The van der Waals surface area contributed by atoms with E-state index in [1.807, 2.05) is 0 Å². The van der Waals surface area contributed by atoms with Gasteiger partial charge < -0.3 is 4.90 Å². The summed E-state index contributed by atoms with van der Waals surface area (Å²) in [4.78, 5) is 13.0. The molecule has 0 saturated heterocycles. The minimum atomic E-state index is -3.26. The number of hydrogen-bond acceptors (Lipinski definition) is 3. The van der Waals surface area contributed by atoms with Crippen LogP contribution in [0.1, 0.15) is 13.3 Å². The van der Waals surface area contributed by atoms with E-state index in [1.165, 1.54) is 4.90 Å². The number of nitrogens with one attached hydrogen (secondary N) is 1. The quantitative estimate of drug-likeness (QED) is 0.886. The summed E-state index contributed by atoms with van der Waals surface area (Å²) in [5.41, 5.74) is 1.21. The van der Waals surface area contributed by atoms with Gasteiger partial charge in [0, 0.05) is 24.8 Å². The predicted molar refractivity (Wildman–Crippen MR) is 68.6 cm³/mol. The average molecular weight is 256 g/mol. The molecule has 1 rings (SSSR count). The molecule has 0 aromatic heterocycles. The van der Waals surface area contributed by atoms with E-state index < -0.39 is 10.0 Å². The van der Waals surface area contributed by atoms with Gasteiger partial charge in [-0.1, -0.05) is 6.92 Å². The summed E-state index contributed by atoms with van der Waals surface area (Å²) in [6, 6.07) is 6.63. The molecule has 0 bridgehead atoms. The second-order valence-corrected chi connectivity index (χ2v) is 5.48. The maximum atomic E-state index is 11.4. The van der Waals surface area contributed by atoms with Gasteiger partial charge in [-0.25, -0.2) is 8.42 Å². The van der Waals surface area contributed by atoms with Crippen LogP contribution in [0.5, 0.6) is 0 Å². The zero-order chi connectivity index (χ0) is 13.1. The first kappa shape index (κ1) is 13.5. The Hall–Kier alpha value is -1.56. The van der Waals surface area contributed by atoms with Crippen LogP contribution in [-0.4, -0.2) is 27.6 Å². The van der Waals surface area contributed by atoms with Gasteiger partial charge in [0.15, 0.2) is 0 Å². The number of anilines is 2. The van der Waals surface area contributed by atoms with Crippen LogP contribution in [0.15, 0.2) is 24.3 Å². The van der Waals surface area contributed by atoms with Gasteiger partial charge in [-0.15, -0.1) is 0 Å². The zero-order valence-corrected chi connectivity index (χ0v) is 10.9. The van der Waals surface area contributed by atoms with Crippen LogP contribution in [0.3, 0.4) is 0 Å². The number of nitrogens with zero attached hydrogens (tertiary/aromatic N) is 1. The molecule has 1 aromatic rings. The van der Waals surface area contributed by atoms with E-state index in [0.717, 1.165) is 11.9 Å². The van der Waals surface area contributed by atoms with Crippen molar-refractivity contribution in [3.05, 3.63) is 24.3 Å². The molecule has 1 amide bonds. The number of benzene rings is 1. The molecule has 0 aliphatic heterocycles. The summed E-state index contributed by atoms with van der Waals surface area (Å²) in [6.07, 6.45) is 1.52. The fourth-order valence-corrected chi connectivity index (χ4v) is 1.91. The van der Waals surface area contributed by atoms with E-state index in [2.05, 4.69) is 4.72 Å².